The van der Waals surface area contributed by atoms with Gasteiger partial charge in [0.15, 0.2) is 5.13 Å². The lowest BCUT2D eigenvalue weighted by molar-refractivity contribution is 0.349. The third-order valence-electron chi connectivity index (χ3n) is 3.45. The van der Waals surface area contributed by atoms with Gasteiger partial charge in [0.05, 0.1) is 5.69 Å². The van der Waals surface area contributed by atoms with Gasteiger partial charge in [-0.3, -0.25) is 0 Å². The number of aryl methyl sites for hydroxylation is 2. The van der Waals surface area contributed by atoms with Gasteiger partial charge >= 0.3 is 0 Å². The minimum absolute atomic E-state index is 0.642. The molecule has 1 fully saturated rings. The van der Waals surface area contributed by atoms with Crippen LogP contribution in [0.1, 0.15) is 43.2 Å². The van der Waals surface area contributed by atoms with Crippen molar-refractivity contribution in [3.63, 3.8) is 0 Å². The second kappa shape index (κ2) is 4.52. The van der Waals surface area contributed by atoms with Crippen molar-refractivity contribution in [3.05, 3.63) is 10.6 Å². The van der Waals surface area contributed by atoms with E-state index in [0.717, 1.165) is 11.0 Å². The molecule has 1 aromatic rings. The van der Waals surface area contributed by atoms with Crippen molar-refractivity contribution in [1.82, 2.24) is 4.98 Å². The molecule has 1 N–H and O–H groups in total. The van der Waals surface area contributed by atoms with Gasteiger partial charge in [-0.2, -0.15) is 0 Å². The first-order valence-corrected chi connectivity index (χ1v) is 6.69. The van der Waals surface area contributed by atoms with Gasteiger partial charge in [-0.25, -0.2) is 4.98 Å². The third-order valence-corrected chi connectivity index (χ3v) is 4.45. The smallest absolute Gasteiger partial charge is 0.183 e. The summed E-state index contributed by atoms with van der Waals surface area (Å²) in [6.07, 6.45) is 5.43. The number of rotatable bonds is 2. The van der Waals surface area contributed by atoms with Crippen molar-refractivity contribution in [1.29, 1.82) is 0 Å². The van der Waals surface area contributed by atoms with Crippen LogP contribution in [-0.2, 0) is 0 Å². The summed E-state index contributed by atoms with van der Waals surface area (Å²) in [5.41, 5.74) is 1.17. The number of hydrogen-bond donors (Lipinski definition) is 1. The molecule has 2 rings (SSSR count). The van der Waals surface area contributed by atoms with Gasteiger partial charge in [0.25, 0.3) is 0 Å². The van der Waals surface area contributed by atoms with Crippen LogP contribution in [0.3, 0.4) is 0 Å². The molecule has 2 unspecified atom stereocenters. The predicted octanol–water partition coefficient (Wildman–Crippen LogP) is 3.75. The molecule has 1 heterocycles. The van der Waals surface area contributed by atoms with Crippen molar-refractivity contribution < 1.29 is 0 Å². The topological polar surface area (TPSA) is 24.9 Å². The van der Waals surface area contributed by atoms with E-state index < -0.39 is 0 Å². The van der Waals surface area contributed by atoms with Gasteiger partial charge in [0.1, 0.15) is 0 Å². The van der Waals surface area contributed by atoms with Crippen molar-refractivity contribution in [2.75, 3.05) is 5.32 Å². The van der Waals surface area contributed by atoms with Crippen molar-refractivity contribution in [3.8, 4) is 0 Å². The molecule has 2 nitrogen and oxygen atoms in total. The molecule has 0 amide bonds. The third kappa shape index (κ3) is 2.51. The van der Waals surface area contributed by atoms with Gasteiger partial charge in [0.2, 0.25) is 0 Å². The number of anilines is 1. The normalized spacial score (nSPS) is 26.6. The van der Waals surface area contributed by atoms with Gasteiger partial charge in [-0.1, -0.05) is 19.8 Å². The lowest BCUT2D eigenvalue weighted by atomic mass is 9.86. The lowest BCUT2D eigenvalue weighted by Gasteiger charge is -2.29. The molecule has 3 heteroatoms. The molecule has 15 heavy (non-hydrogen) atoms. The van der Waals surface area contributed by atoms with Crippen molar-refractivity contribution in [2.24, 2.45) is 5.92 Å². The maximum absolute atomic E-state index is 4.55. The number of hydrogen-bond acceptors (Lipinski definition) is 3. The fourth-order valence-electron chi connectivity index (χ4n) is 2.22. The highest BCUT2D eigenvalue weighted by Gasteiger charge is 2.21. The first-order valence-electron chi connectivity index (χ1n) is 5.87. The molecule has 0 bridgehead atoms. The average Bonchev–Trinajstić information content (AvgIpc) is 2.50. The summed E-state index contributed by atoms with van der Waals surface area (Å²) in [4.78, 5) is 5.88. The molecule has 0 aromatic carbocycles. The van der Waals surface area contributed by atoms with Crippen LogP contribution in [0.2, 0.25) is 0 Å². The fourth-order valence-corrected chi connectivity index (χ4v) is 3.10. The standard InChI is InChI=1S/C12H20N2S/c1-8-6-4-5-7-11(8)14-12-13-9(2)10(3)15-12/h8,11H,4-7H2,1-3H3,(H,13,14). The number of nitrogens with one attached hydrogen (secondary N) is 1. The molecule has 2 atom stereocenters. The molecule has 0 spiro atoms. The number of thiazole rings is 1. The summed E-state index contributed by atoms with van der Waals surface area (Å²) < 4.78 is 0. The second-order valence-electron chi connectivity index (χ2n) is 4.67. The Balaban J connectivity index is 2.01. The highest BCUT2D eigenvalue weighted by molar-refractivity contribution is 7.15. The van der Waals surface area contributed by atoms with Crippen molar-refractivity contribution in [2.45, 2.75) is 52.5 Å². The first-order chi connectivity index (χ1) is 7.16. The van der Waals surface area contributed by atoms with E-state index in [9.17, 15) is 0 Å². The van der Waals surface area contributed by atoms with E-state index in [4.69, 9.17) is 0 Å². The molecule has 0 radical (unpaired) electrons. The Bertz CT molecular complexity index is 313. The Morgan fingerprint density at radius 1 is 1.27 bits per heavy atom. The highest BCUT2D eigenvalue weighted by Crippen LogP contribution is 2.29. The van der Waals surface area contributed by atoms with Crippen LogP contribution in [0, 0.1) is 19.8 Å². The van der Waals surface area contributed by atoms with Crippen LogP contribution in [0.15, 0.2) is 0 Å². The largest absolute Gasteiger partial charge is 0.359 e. The van der Waals surface area contributed by atoms with Crippen LogP contribution >= 0.6 is 11.3 Å². The summed E-state index contributed by atoms with van der Waals surface area (Å²) in [7, 11) is 0. The van der Waals surface area contributed by atoms with E-state index in [1.165, 1.54) is 36.3 Å². The van der Waals surface area contributed by atoms with Crippen LogP contribution < -0.4 is 5.32 Å². The molecule has 84 valence electrons. The molecule has 1 aliphatic rings. The van der Waals surface area contributed by atoms with Gasteiger partial charge in [-0.15, -0.1) is 11.3 Å². The lowest BCUT2D eigenvalue weighted by Crippen LogP contribution is -2.30. The van der Waals surface area contributed by atoms with E-state index in [-0.39, 0.29) is 0 Å². The number of aromatic nitrogens is 1. The SMILES string of the molecule is Cc1nc(NC2CCCCC2C)sc1C. The summed E-state index contributed by atoms with van der Waals surface area (Å²) in [6, 6.07) is 0.642. The highest BCUT2D eigenvalue weighted by atomic mass is 32.1. The predicted molar refractivity (Wildman–Crippen MR) is 66.6 cm³/mol. The Morgan fingerprint density at radius 2 is 2.00 bits per heavy atom. The minimum atomic E-state index is 0.642. The Labute approximate surface area is 96.1 Å². The quantitative estimate of drug-likeness (QED) is 0.827. The summed E-state index contributed by atoms with van der Waals surface area (Å²) >= 11 is 1.79. The van der Waals surface area contributed by atoms with Crippen LogP contribution in [0.25, 0.3) is 0 Å². The maximum Gasteiger partial charge on any atom is 0.183 e. The van der Waals surface area contributed by atoms with E-state index >= 15 is 0 Å². The zero-order valence-electron chi connectivity index (χ0n) is 9.84. The minimum Gasteiger partial charge on any atom is -0.359 e. The fraction of sp³-hybridized carbons (Fsp3) is 0.750. The van der Waals surface area contributed by atoms with Crippen molar-refractivity contribution >= 4 is 16.5 Å². The summed E-state index contributed by atoms with van der Waals surface area (Å²) in [6.45, 7) is 6.58. The van der Waals surface area contributed by atoms with Gasteiger partial charge < -0.3 is 5.32 Å². The van der Waals surface area contributed by atoms with Crippen LogP contribution in [0.5, 0.6) is 0 Å². The zero-order valence-corrected chi connectivity index (χ0v) is 10.7. The van der Waals surface area contributed by atoms with E-state index in [1.807, 2.05) is 0 Å². The first kappa shape index (κ1) is 10.9. The average molecular weight is 224 g/mol. The van der Waals surface area contributed by atoms with Gasteiger partial charge in [0, 0.05) is 10.9 Å². The van der Waals surface area contributed by atoms with Gasteiger partial charge in [-0.05, 0) is 32.6 Å². The maximum atomic E-state index is 4.55. The summed E-state index contributed by atoms with van der Waals surface area (Å²) in [5, 5.41) is 4.71. The Morgan fingerprint density at radius 3 is 2.60 bits per heavy atom. The van der Waals surface area contributed by atoms with E-state index in [1.54, 1.807) is 11.3 Å². The Hall–Kier alpha value is -0.570. The monoisotopic (exact) mass is 224 g/mol. The van der Waals surface area contributed by atoms with Crippen LogP contribution in [-0.4, -0.2) is 11.0 Å². The zero-order chi connectivity index (χ0) is 10.8. The molecule has 0 saturated heterocycles. The molecular formula is C12H20N2S. The molecule has 1 saturated carbocycles. The number of nitrogens with zero attached hydrogens (tertiary/aromatic N) is 1. The van der Waals surface area contributed by atoms with E-state index in [2.05, 4.69) is 31.1 Å². The molecule has 1 aromatic heterocycles. The second-order valence-corrected chi connectivity index (χ2v) is 5.88. The molecule has 0 aliphatic heterocycles. The van der Waals surface area contributed by atoms with E-state index in [0.29, 0.717) is 6.04 Å². The molecule has 1 aliphatic carbocycles. The Kier molecular flexibility index (Phi) is 3.29. The van der Waals surface area contributed by atoms with Crippen LogP contribution in [0.4, 0.5) is 5.13 Å². The molecular weight excluding hydrogens is 204 g/mol. The summed E-state index contributed by atoms with van der Waals surface area (Å²) in [5.74, 6) is 0.795.